The van der Waals surface area contributed by atoms with Gasteiger partial charge < -0.3 is 15.7 Å². The summed E-state index contributed by atoms with van der Waals surface area (Å²) >= 11 is 0. The maximum Gasteiger partial charge on any atom is 0.315 e. The van der Waals surface area contributed by atoms with Crippen LogP contribution < -0.4 is 10.6 Å². The van der Waals surface area contributed by atoms with Crippen molar-refractivity contribution in [3.05, 3.63) is 35.4 Å². The zero-order valence-corrected chi connectivity index (χ0v) is 10.8. The van der Waals surface area contributed by atoms with Crippen molar-refractivity contribution in [3.63, 3.8) is 0 Å². The monoisotopic (exact) mass is 248 g/mol. The highest BCUT2D eigenvalue weighted by Gasteiger charge is 2.26. The summed E-state index contributed by atoms with van der Waals surface area (Å²) in [7, 11) is 0. The fourth-order valence-electron chi connectivity index (χ4n) is 2.38. The minimum Gasteiger partial charge on any atom is -0.388 e. The van der Waals surface area contributed by atoms with Gasteiger partial charge in [0.2, 0.25) is 0 Å². The average molecular weight is 248 g/mol. The molecule has 0 heterocycles. The lowest BCUT2D eigenvalue weighted by Crippen LogP contribution is -2.42. The highest BCUT2D eigenvalue weighted by atomic mass is 16.3. The van der Waals surface area contributed by atoms with Crippen LogP contribution in [0.25, 0.3) is 0 Å². The van der Waals surface area contributed by atoms with Crippen LogP contribution in [0.15, 0.2) is 24.3 Å². The predicted molar refractivity (Wildman–Crippen MR) is 70.2 cm³/mol. The molecule has 2 atom stereocenters. The number of aliphatic hydroxyl groups excluding tert-OH is 1. The van der Waals surface area contributed by atoms with E-state index < -0.39 is 6.10 Å². The number of benzene rings is 1. The van der Waals surface area contributed by atoms with Crippen molar-refractivity contribution in [2.24, 2.45) is 0 Å². The van der Waals surface area contributed by atoms with Crippen molar-refractivity contribution in [2.45, 2.75) is 44.9 Å². The lowest BCUT2D eigenvalue weighted by molar-refractivity contribution is 0.146. The van der Waals surface area contributed by atoms with Gasteiger partial charge in [0.1, 0.15) is 0 Å². The first-order valence-corrected chi connectivity index (χ1v) is 6.42. The summed E-state index contributed by atoms with van der Waals surface area (Å²) in [6, 6.07) is 7.70. The number of hydrogen-bond acceptors (Lipinski definition) is 2. The Kier molecular flexibility index (Phi) is 3.87. The second kappa shape index (κ2) is 5.40. The molecule has 0 fully saturated rings. The minimum absolute atomic E-state index is 0.0108. The first kappa shape index (κ1) is 12.9. The molecule has 18 heavy (non-hydrogen) atoms. The number of carbonyl (C=O) groups excluding carboxylic acids is 1. The Morgan fingerprint density at radius 3 is 2.61 bits per heavy atom. The van der Waals surface area contributed by atoms with Gasteiger partial charge in [-0.2, -0.15) is 0 Å². The molecule has 1 aliphatic rings. The third kappa shape index (κ3) is 2.82. The van der Waals surface area contributed by atoms with Crippen LogP contribution in [-0.2, 0) is 0 Å². The van der Waals surface area contributed by atoms with Crippen LogP contribution in [0.2, 0.25) is 0 Å². The molecular weight excluding hydrogens is 228 g/mol. The number of fused-ring (bicyclic) bond motifs is 1. The van der Waals surface area contributed by atoms with Crippen LogP contribution in [0.1, 0.15) is 50.0 Å². The molecule has 0 spiro atoms. The fourth-order valence-corrected chi connectivity index (χ4v) is 2.38. The molecule has 0 bridgehead atoms. The molecule has 2 rings (SSSR count). The molecule has 0 saturated heterocycles. The normalized spacial score (nSPS) is 22.4. The van der Waals surface area contributed by atoms with E-state index in [-0.39, 0.29) is 18.1 Å². The van der Waals surface area contributed by atoms with E-state index in [1.54, 1.807) is 0 Å². The van der Waals surface area contributed by atoms with E-state index in [2.05, 4.69) is 10.6 Å². The van der Waals surface area contributed by atoms with E-state index in [1.807, 2.05) is 38.1 Å². The Hall–Kier alpha value is -1.55. The zero-order valence-electron chi connectivity index (χ0n) is 10.8. The summed E-state index contributed by atoms with van der Waals surface area (Å²) in [6.45, 7) is 3.86. The van der Waals surface area contributed by atoms with Crippen molar-refractivity contribution in [1.29, 1.82) is 0 Å². The fraction of sp³-hybridized carbons (Fsp3) is 0.500. The number of urea groups is 1. The molecule has 1 aromatic carbocycles. The van der Waals surface area contributed by atoms with Gasteiger partial charge in [0.25, 0.3) is 0 Å². The van der Waals surface area contributed by atoms with Crippen molar-refractivity contribution in [1.82, 2.24) is 10.6 Å². The Morgan fingerprint density at radius 1 is 1.28 bits per heavy atom. The van der Waals surface area contributed by atoms with E-state index in [0.29, 0.717) is 6.42 Å². The summed E-state index contributed by atoms with van der Waals surface area (Å²) in [6.07, 6.45) is 1.04. The maximum atomic E-state index is 11.7. The number of rotatable bonds is 2. The molecule has 4 heteroatoms. The lowest BCUT2D eigenvalue weighted by atomic mass is 9.86. The van der Waals surface area contributed by atoms with Gasteiger partial charge in [-0.25, -0.2) is 4.79 Å². The number of amides is 2. The predicted octanol–water partition coefficient (Wildman–Crippen LogP) is 2.26. The van der Waals surface area contributed by atoms with Gasteiger partial charge in [-0.15, -0.1) is 0 Å². The van der Waals surface area contributed by atoms with E-state index in [9.17, 15) is 9.90 Å². The van der Waals surface area contributed by atoms with Gasteiger partial charge in [-0.05, 0) is 37.8 Å². The molecule has 0 saturated carbocycles. The van der Waals surface area contributed by atoms with E-state index in [0.717, 1.165) is 17.5 Å². The second-order valence-corrected chi connectivity index (χ2v) is 5.05. The van der Waals surface area contributed by atoms with Crippen molar-refractivity contribution in [3.8, 4) is 0 Å². The second-order valence-electron chi connectivity index (χ2n) is 5.05. The van der Waals surface area contributed by atoms with Gasteiger partial charge in [-0.3, -0.25) is 0 Å². The van der Waals surface area contributed by atoms with E-state index in [4.69, 9.17) is 0 Å². The smallest absolute Gasteiger partial charge is 0.315 e. The third-order valence-electron chi connectivity index (χ3n) is 3.18. The minimum atomic E-state index is -0.410. The quantitative estimate of drug-likeness (QED) is 0.751. The SMILES string of the molecule is CC(C)NC(=O)NC1CCC(O)c2ccccc21. The number of aliphatic hydroxyl groups is 1. The first-order chi connectivity index (χ1) is 8.58. The van der Waals surface area contributed by atoms with Gasteiger partial charge >= 0.3 is 6.03 Å². The van der Waals surface area contributed by atoms with Gasteiger partial charge in [0, 0.05) is 6.04 Å². The largest absolute Gasteiger partial charge is 0.388 e. The Balaban J connectivity index is 2.12. The Morgan fingerprint density at radius 2 is 1.94 bits per heavy atom. The highest BCUT2D eigenvalue weighted by molar-refractivity contribution is 5.74. The van der Waals surface area contributed by atoms with Crippen molar-refractivity contribution < 1.29 is 9.90 Å². The van der Waals surface area contributed by atoms with Crippen LogP contribution in [0.4, 0.5) is 4.79 Å². The molecule has 0 radical (unpaired) electrons. The van der Waals surface area contributed by atoms with Crippen LogP contribution in [0.3, 0.4) is 0 Å². The van der Waals surface area contributed by atoms with Crippen molar-refractivity contribution in [2.75, 3.05) is 0 Å². The average Bonchev–Trinajstić information content (AvgIpc) is 2.32. The van der Waals surface area contributed by atoms with Gasteiger partial charge in [0.05, 0.1) is 12.1 Å². The van der Waals surface area contributed by atoms with Gasteiger partial charge in [-0.1, -0.05) is 24.3 Å². The molecule has 4 nitrogen and oxygen atoms in total. The molecule has 3 N–H and O–H groups in total. The maximum absolute atomic E-state index is 11.7. The van der Waals surface area contributed by atoms with Crippen LogP contribution in [-0.4, -0.2) is 17.2 Å². The molecule has 1 aromatic rings. The first-order valence-electron chi connectivity index (χ1n) is 6.42. The topological polar surface area (TPSA) is 61.4 Å². The summed E-state index contributed by atoms with van der Waals surface area (Å²) < 4.78 is 0. The Labute approximate surface area is 107 Å². The lowest BCUT2D eigenvalue weighted by Gasteiger charge is -2.29. The third-order valence-corrected chi connectivity index (χ3v) is 3.18. The number of nitrogens with one attached hydrogen (secondary N) is 2. The molecule has 0 aromatic heterocycles. The molecular formula is C14H20N2O2. The van der Waals surface area contributed by atoms with Crippen LogP contribution in [0.5, 0.6) is 0 Å². The van der Waals surface area contributed by atoms with E-state index >= 15 is 0 Å². The molecule has 1 aliphatic carbocycles. The summed E-state index contributed by atoms with van der Waals surface area (Å²) in [5.74, 6) is 0. The van der Waals surface area contributed by atoms with E-state index in [1.165, 1.54) is 0 Å². The Bertz CT molecular complexity index is 432. The van der Waals surface area contributed by atoms with Crippen LogP contribution in [0, 0.1) is 0 Å². The van der Waals surface area contributed by atoms with Gasteiger partial charge in [0.15, 0.2) is 0 Å². The van der Waals surface area contributed by atoms with Crippen LogP contribution >= 0.6 is 0 Å². The summed E-state index contributed by atoms with van der Waals surface area (Å²) in [4.78, 5) is 11.7. The highest BCUT2D eigenvalue weighted by Crippen LogP contribution is 2.35. The molecule has 98 valence electrons. The standard InChI is InChI=1S/C14H20N2O2/c1-9(2)15-14(18)16-12-7-8-13(17)11-6-4-3-5-10(11)12/h3-6,9,12-13,17H,7-8H2,1-2H3,(H2,15,16,18). The summed E-state index contributed by atoms with van der Waals surface area (Å²) in [5.41, 5.74) is 1.95. The number of hydrogen-bond donors (Lipinski definition) is 3. The van der Waals surface area contributed by atoms with Crippen molar-refractivity contribution >= 4 is 6.03 Å². The molecule has 2 unspecified atom stereocenters. The molecule has 2 amide bonds. The zero-order chi connectivity index (χ0) is 13.1. The molecule has 0 aliphatic heterocycles. The summed E-state index contributed by atoms with van der Waals surface area (Å²) in [5, 5.41) is 15.7. The number of carbonyl (C=O) groups is 1.